The van der Waals surface area contributed by atoms with Crippen molar-refractivity contribution in [1.82, 2.24) is 5.32 Å². The van der Waals surface area contributed by atoms with Crippen LogP contribution in [0, 0.1) is 0 Å². The number of nitrogens with two attached hydrogens (primary N) is 1. The summed E-state index contributed by atoms with van der Waals surface area (Å²) in [5.74, 6) is -1.04. The zero-order chi connectivity index (χ0) is 17.5. The van der Waals surface area contributed by atoms with Gasteiger partial charge >= 0.3 is 12.0 Å². The number of ether oxygens (including phenoxy) is 1. The molecule has 2 amide bonds. The lowest BCUT2D eigenvalue weighted by Gasteiger charge is -2.11. The van der Waals surface area contributed by atoms with E-state index < -0.39 is 24.6 Å². The zero-order valence-corrected chi connectivity index (χ0v) is 13.2. The Morgan fingerprint density at radius 1 is 1.00 bits per heavy atom. The third kappa shape index (κ3) is 4.67. The molecule has 0 aliphatic rings. The molecule has 0 saturated carbocycles. The number of amides is 2. The molecule has 0 heterocycles. The quantitative estimate of drug-likeness (QED) is 0.627. The zero-order valence-electron chi connectivity index (χ0n) is 13.2. The first-order valence-electron chi connectivity index (χ1n) is 7.38. The molecule has 2 rings (SSSR count). The van der Waals surface area contributed by atoms with Crippen LogP contribution in [0.25, 0.3) is 11.1 Å². The van der Waals surface area contributed by atoms with E-state index in [2.05, 4.69) is 5.32 Å². The molecule has 6 nitrogen and oxygen atoms in total. The summed E-state index contributed by atoms with van der Waals surface area (Å²) in [5.41, 5.74) is 7.40. The Labute approximate surface area is 139 Å². The van der Waals surface area contributed by atoms with Crippen LogP contribution in [0.4, 0.5) is 4.79 Å². The summed E-state index contributed by atoms with van der Waals surface area (Å²) in [4.78, 5) is 34.3. The molecule has 2 aromatic rings. The molecule has 2 aromatic carbocycles. The SMILES string of the molecule is C[C@H](NC(N)=O)C(=O)OCC(=O)c1ccc(-c2ccccc2)cc1. The van der Waals surface area contributed by atoms with Crippen LogP contribution in [0.2, 0.25) is 0 Å². The van der Waals surface area contributed by atoms with E-state index in [-0.39, 0.29) is 5.78 Å². The molecule has 0 bridgehead atoms. The lowest BCUT2D eigenvalue weighted by molar-refractivity contribution is -0.144. The van der Waals surface area contributed by atoms with Crippen molar-refractivity contribution >= 4 is 17.8 Å². The third-order valence-electron chi connectivity index (χ3n) is 3.37. The largest absolute Gasteiger partial charge is 0.456 e. The number of Topliss-reactive ketones (excluding diaryl/α,β-unsaturated/α-hetero) is 1. The number of esters is 1. The van der Waals surface area contributed by atoms with Crippen LogP contribution < -0.4 is 11.1 Å². The molecule has 3 N–H and O–H groups in total. The second-order valence-corrected chi connectivity index (χ2v) is 5.20. The predicted octanol–water partition coefficient (Wildman–Crippen LogP) is 2.14. The third-order valence-corrected chi connectivity index (χ3v) is 3.37. The summed E-state index contributed by atoms with van der Waals surface area (Å²) in [5, 5.41) is 2.18. The molecular weight excluding hydrogens is 308 g/mol. The summed E-state index contributed by atoms with van der Waals surface area (Å²) >= 11 is 0. The van der Waals surface area contributed by atoms with E-state index in [9.17, 15) is 14.4 Å². The molecule has 0 aromatic heterocycles. The Balaban J connectivity index is 1.93. The average Bonchev–Trinajstić information content (AvgIpc) is 2.59. The van der Waals surface area contributed by atoms with Crippen molar-refractivity contribution in [2.24, 2.45) is 5.73 Å². The summed E-state index contributed by atoms with van der Waals surface area (Å²) in [6, 6.07) is 15.1. The normalized spacial score (nSPS) is 11.4. The molecule has 0 aliphatic heterocycles. The fourth-order valence-corrected chi connectivity index (χ4v) is 2.10. The molecule has 0 fully saturated rings. The Morgan fingerprint density at radius 2 is 1.58 bits per heavy atom. The highest BCUT2D eigenvalue weighted by atomic mass is 16.5. The fraction of sp³-hybridized carbons (Fsp3) is 0.167. The standard InChI is InChI=1S/C18H18N2O4/c1-12(20-18(19)23)17(22)24-11-16(21)15-9-7-14(8-10-15)13-5-3-2-4-6-13/h2-10,12H,11H2,1H3,(H3,19,20,23)/t12-/m0/s1. The maximum atomic E-state index is 12.1. The van der Waals surface area contributed by atoms with Gasteiger partial charge in [-0.05, 0) is 18.1 Å². The molecule has 0 unspecified atom stereocenters. The Bertz CT molecular complexity index is 726. The number of benzene rings is 2. The van der Waals surface area contributed by atoms with Gasteiger partial charge in [-0.15, -0.1) is 0 Å². The number of rotatable bonds is 6. The molecule has 0 radical (unpaired) electrons. The van der Waals surface area contributed by atoms with Gasteiger partial charge in [0.05, 0.1) is 0 Å². The number of carbonyl (C=O) groups is 3. The van der Waals surface area contributed by atoms with E-state index in [1.54, 1.807) is 12.1 Å². The first kappa shape index (κ1) is 17.2. The lowest BCUT2D eigenvalue weighted by Crippen LogP contribution is -2.42. The summed E-state index contributed by atoms with van der Waals surface area (Å²) in [7, 11) is 0. The monoisotopic (exact) mass is 326 g/mol. The van der Waals surface area contributed by atoms with Crippen molar-refractivity contribution in [3.05, 3.63) is 60.2 Å². The predicted molar refractivity (Wildman–Crippen MR) is 89.3 cm³/mol. The van der Waals surface area contributed by atoms with Crippen molar-refractivity contribution in [2.75, 3.05) is 6.61 Å². The highest BCUT2D eigenvalue weighted by Gasteiger charge is 2.17. The van der Waals surface area contributed by atoms with Crippen LogP contribution in [-0.4, -0.2) is 30.4 Å². The van der Waals surface area contributed by atoms with Crippen LogP contribution in [0.5, 0.6) is 0 Å². The van der Waals surface area contributed by atoms with Gasteiger partial charge in [0.15, 0.2) is 12.4 Å². The van der Waals surface area contributed by atoms with Crippen LogP contribution >= 0.6 is 0 Å². The summed E-state index contributed by atoms with van der Waals surface area (Å²) < 4.78 is 4.88. The van der Waals surface area contributed by atoms with Crippen molar-refractivity contribution in [3.8, 4) is 11.1 Å². The number of carbonyl (C=O) groups excluding carboxylic acids is 3. The maximum absolute atomic E-state index is 12.1. The highest BCUT2D eigenvalue weighted by Crippen LogP contribution is 2.19. The van der Waals surface area contributed by atoms with Gasteiger partial charge < -0.3 is 15.8 Å². The minimum atomic E-state index is -0.907. The molecule has 0 spiro atoms. The molecular formula is C18H18N2O4. The molecule has 124 valence electrons. The van der Waals surface area contributed by atoms with Crippen molar-refractivity contribution in [1.29, 1.82) is 0 Å². The van der Waals surface area contributed by atoms with Crippen LogP contribution in [0.15, 0.2) is 54.6 Å². The summed E-state index contributed by atoms with van der Waals surface area (Å²) in [6.45, 7) is 1.03. The number of hydrogen-bond acceptors (Lipinski definition) is 4. The molecule has 1 atom stereocenters. The first-order valence-corrected chi connectivity index (χ1v) is 7.38. The molecule has 6 heteroatoms. The van der Waals surface area contributed by atoms with E-state index in [1.165, 1.54) is 6.92 Å². The average molecular weight is 326 g/mol. The Morgan fingerprint density at radius 3 is 2.17 bits per heavy atom. The van der Waals surface area contributed by atoms with Crippen LogP contribution in [0.1, 0.15) is 17.3 Å². The lowest BCUT2D eigenvalue weighted by atomic mass is 10.0. The second kappa shape index (κ2) is 7.92. The number of nitrogens with one attached hydrogen (secondary N) is 1. The Kier molecular flexibility index (Phi) is 5.68. The van der Waals surface area contributed by atoms with E-state index in [0.29, 0.717) is 5.56 Å². The minimum absolute atomic E-state index is 0.325. The number of hydrogen-bond donors (Lipinski definition) is 2. The van der Waals surface area contributed by atoms with Gasteiger partial charge in [-0.25, -0.2) is 9.59 Å². The Hall–Kier alpha value is -3.15. The van der Waals surface area contributed by atoms with Gasteiger partial charge in [-0.1, -0.05) is 54.6 Å². The smallest absolute Gasteiger partial charge is 0.328 e. The van der Waals surface area contributed by atoms with E-state index in [1.807, 2.05) is 42.5 Å². The fourth-order valence-electron chi connectivity index (χ4n) is 2.10. The van der Waals surface area contributed by atoms with Crippen molar-refractivity contribution in [2.45, 2.75) is 13.0 Å². The number of ketones is 1. The number of urea groups is 1. The molecule has 0 aliphatic carbocycles. The van der Waals surface area contributed by atoms with Crippen LogP contribution in [0.3, 0.4) is 0 Å². The number of primary amides is 1. The van der Waals surface area contributed by atoms with Crippen molar-refractivity contribution in [3.63, 3.8) is 0 Å². The topological polar surface area (TPSA) is 98.5 Å². The van der Waals surface area contributed by atoms with Gasteiger partial charge in [-0.2, -0.15) is 0 Å². The summed E-state index contributed by atoms with van der Waals surface area (Å²) in [6.07, 6.45) is 0. The molecule has 0 saturated heterocycles. The van der Waals surface area contributed by atoms with Gasteiger partial charge in [0, 0.05) is 5.56 Å². The van der Waals surface area contributed by atoms with Gasteiger partial charge in [0.1, 0.15) is 6.04 Å². The maximum Gasteiger partial charge on any atom is 0.328 e. The van der Waals surface area contributed by atoms with Crippen LogP contribution in [-0.2, 0) is 9.53 Å². The molecule has 24 heavy (non-hydrogen) atoms. The second-order valence-electron chi connectivity index (χ2n) is 5.20. The highest BCUT2D eigenvalue weighted by molar-refractivity contribution is 5.98. The van der Waals surface area contributed by atoms with Gasteiger partial charge in [0.25, 0.3) is 0 Å². The van der Waals surface area contributed by atoms with Gasteiger partial charge in [-0.3, -0.25) is 4.79 Å². The van der Waals surface area contributed by atoms with Gasteiger partial charge in [0.2, 0.25) is 0 Å². The van der Waals surface area contributed by atoms with E-state index in [0.717, 1.165) is 11.1 Å². The minimum Gasteiger partial charge on any atom is -0.456 e. The van der Waals surface area contributed by atoms with E-state index >= 15 is 0 Å². The van der Waals surface area contributed by atoms with Crippen molar-refractivity contribution < 1.29 is 19.1 Å². The first-order chi connectivity index (χ1) is 11.5. The van der Waals surface area contributed by atoms with E-state index in [4.69, 9.17) is 10.5 Å².